The highest BCUT2D eigenvalue weighted by molar-refractivity contribution is 7.90. The number of carbonyl (C=O) groups is 1. The number of hydrogen-bond acceptors (Lipinski definition) is 3. The lowest BCUT2D eigenvalue weighted by Crippen LogP contribution is -2.11. The Kier molecular flexibility index (Phi) is 3.93. The zero-order valence-electron chi connectivity index (χ0n) is 13.7. The lowest BCUT2D eigenvalue weighted by molar-refractivity contribution is 0.103. The second-order valence-corrected chi connectivity index (χ2v) is 7.78. The molecule has 0 aliphatic carbocycles. The van der Waals surface area contributed by atoms with E-state index in [4.69, 9.17) is 0 Å². The minimum Gasteiger partial charge on any atom is -0.289 e. The zero-order valence-corrected chi connectivity index (χ0v) is 14.6. The molecule has 5 heteroatoms. The van der Waals surface area contributed by atoms with Crippen molar-refractivity contribution in [3.8, 4) is 0 Å². The van der Waals surface area contributed by atoms with Crippen LogP contribution in [0.1, 0.15) is 15.9 Å². The number of hydrogen-bond donors (Lipinski definition) is 0. The summed E-state index contributed by atoms with van der Waals surface area (Å²) in [5, 5.41) is 2.02. The molecule has 0 N–H and O–H groups in total. The third kappa shape index (κ3) is 2.82. The fourth-order valence-corrected chi connectivity index (χ4v) is 4.09. The van der Waals surface area contributed by atoms with Crippen molar-refractivity contribution in [2.45, 2.75) is 4.90 Å². The van der Waals surface area contributed by atoms with Crippen molar-refractivity contribution in [1.82, 2.24) is 3.97 Å². The Balaban J connectivity index is 1.70. The van der Waals surface area contributed by atoms with Gasteiger partial charge in [-0.05, 0) is 35.0 Å². The van der Waals surface area contributed by atoms with Crippen LogP contribution in [0.2, 0.25) is 0 Å². The first kappa shape index (κ1) is 16.3. The number of carbonyl (C=O) groups excluding carboxylic acids is 1. The van der Waals surface area contributed by atoms with Gasteiger partial charge in [-0.1, -0.05) is 54.6 Å². The zero-order chi connectivity index (χ0) is 18.1. The van der Waals surface area contributed by atoms with Crippen LogP contribution in [0.15, 0.2) is 96.2 Å². The van der Waals surface area contributed by atoms with Crippen molar-refractivity contribution in [2.24, 2.45) is 0 Å². The third-order valence-corrected chi connectivity index (χ3v) is 5.91. The van der Waals surface area contributed by atoms with Crippen LogP contribution in [-0.2, 0) is 10.0 Å². The van der Waals surface area contributed by atoms with Gasteiger partial charge in [-0.3, -0.25) is 4.79 Å². The maximum Gasteiger partial charge on any atom is 0.267 e. The molecule has 0 saturated carbocycles. The number of nitrogens with zero attached hydrogens (tertiary/aromatic N) is 1. The molecule has 4 aromatic rings. The van der Waals surface area contributed by atoms with Gasteiger partial charge in [0.05, 0.1) is 4.90 Å². The Morgan fingerprint density at radius 1 is 0.731 bits per heavy atom. The molecule has 4 nitrogen and oxygen atoms in total. The van der Waals surface area contributed by atoms with Crippen LogP contribution in [0.5, 0.6) is 0 Å². The summed E-state index contributed by atoms with van der Waals surface area (Å²) >= 11 is 0. The van der Waals surface area contributed by atoms with Crippen LogP contribution < -0.4 is 0 Å². The second kappa shape index (κ2) is 6.28. The number of ketones is 1. The summed E-state index contributed by atoms with van der Waals surface area (Å²) in [5.74, 6) is -0.210. The topological polar surface area (TPSA) is 56.1 Å². The Bertz CT molecular complexity index is 1210. The van der Waals surface area contributed by atoms with Crippen molar-refractivity contribution in [3.63, 3.8) is 0 Å². The summed E-state index contributed by atoms with van der Waals surface area (Å²) in [5.41, 5.74) is 0.860. The summed E-state index contributed by atoms with van der Waals surface area (Å²) in [6.45, 7) is 0. The van der Waals surface area contributed by atoms with Gasteiger partial charge in [0.1, 0.15) is 0 Å². The van der Waals surface area contributed by atoms with Crippen LogP contribution in [-0.4, -0.2) is 18.2 Å². The quantitative estimate of drug-likeness (QED) is 0.514. The van der Waals surface area contributed by atoms with Gasteiger partial charge in [0.25, 0.3) is 10.0 Å². The number of fused-ring (bicyclic) bond motifs is 1. The largest absolute Gasteiger partial charge is 0.289 e. The molecule has 1 aromatic heterocycles. The van der Waals surface area contributed by atoms with E-state index in [1.807, 2.05) is 36.4 Å². The highest BCUT2D eigenvalue weighted by Crippen LogP contribution is 2.20. The summed E-state index contributed by atoms with van der Waals surface area (Å²) in [6, 6.07) is 22.9. The number of benzene rings is 3. The summed E-state index contributed by atoms with van der Waals surface area (Å²) in [4.78, 5) is 12.9. The maximum atomic E-state index is 12.8. The monoisotopic (exact) mass is 361 g/mol. The molecule has 0 saturated heterocycles. The predicted octanol–water partition coefficient (Wildman–Crippen LogP) is 4.11. The summed E-state index contributed by atoms with van der Waals surface area (Å²) in [6.07, 6.45) is 2.76. The smallest absolute Gasteiger partial charge is 0.267 e. The van der Waals surface area contributed by atoms with E-state index in [2.05, 4.69) is 0 Å². The fourth-order valence-electron chi connectivity index (χ4n) is 2.87. The van der Waals surface area contributed by atoms with Crippen LogP contribution in [0.3, 0.4) is 0 Å². The molecule has 0 aliphatic heterocycles. The molecule has 4 rings (SSSR count). The van der Waals surface area contributed by atoms with Gasteiger partial charge < -0.3 is 0 Å². The molecule has 0 amide bonds. The molecular weight excluding hydrogens is 346 g/mol. The SMILES string of the molecule is O=C(c1ccc2ccccc2c1)c1ccn(S(=O)(=O)c2ccccc2)c1. The van der Waals surface area contributed by atoms with Crippen LogP contribution >= 0.6 is 0 Å². The molecule has 0 aliphatic rings. The minimum absolute atomic E-state index is 0.181. The summed E-state index contributed by atoms with van der Waals surface area (Å²) < 4.78 is 26.3. The van der Waals surface area contributed by atoms with Gasteiger partial charge in [0, 0.05) is 23.5 Å². The normalized spacial score (nSPS) is 11.5. The van der Waals surface area contributed by atoms with Crippen molar-refractivity contribution >= 4 is 26.6 Å². The molecule has 0 unspecified atom stereocenters. The van der Waals surface area contributed by atoms with Crippen LogP contribution in [0, 0.1) is 0 Å². The second-order valence-electron chi connectivity index (χ2n) is 5.94. The molecule has 26 heavy (non-hydrogen) atoms. The molecule has 0 fully saturated rings. The lowest BCUT2D eigenvalue weighted by atomic mass is 10.0. The van der Waals surface area contributed by atoms with E-state index in [0.29, 0.717) is 11.1 Å². The van der Waals surface area contributed by atoms with Crippen molar-refractivity contribution in [2.75, 3.05) is 0 Å². The number of rotatable bonds is 4. The van der Waals surface area contributed by atoms with E-state index in [1.54, 1.807) is 24.3 Å². The third-order valence-electron chi connectivity index (χ3n) is 4.26. The van der Waals surface area contributed by atoms with Gasteiger partial charge in [-0.25, -0.2) is 12.4 Å². The van der Waals surface area contributed by atoms with Gasteiger partial charge in [0.15, 0.2) is 5.78 Å². The average molecular weight is 361 g/mol. The fraction of sp³-hybridized carbons (Fsp3) is 0. The van der Waals surface area contributed by atoms with Crippen molar-refractivity contribution in [3.05, 3.63) is 102 Å². The van der Waals surface area contributed by atoms with E-state index in [9.17, 15) is 13.2 Å². The van der Waals surface area contributed by atoms with Crippen molar-refractivity contribution < 1.29 is 13.2 Å². The maximum absolute atomic E-state index is 12.8. The highest BCUT2D eigenvalue weighted by Gasteiger charge is 2.18. The highest BCUT2D eigenvalue weighted by atomic mass is 32.2. The van der Waals surface area contributed by atoms with Crippen molar-refractivity contribution in [1.29, 1.82) is 0 Å². The Morgan fingerprint density at radius 3 is 2.19 bits per heavy atom. The summed E-state index contributed by atoms with van der Waals surface area (Å²) in [7, 11) is -3.70. The molecule has 1 heterocycles. The van der Waals surface area contributed by atoms with E-state index < -0.39 is 10.0 Å². The van der Waals surface area contributed by atoms with E-state index in [0.717, 1.165) is 14.7 Å². The minimum atomic E-state index is -3.70. The molecular formula is C21H15NO3S. The molecule has 0 spiro atoms. The van der Waals surface area contributed by atoms with Crippen LogP contribution in [0.4, 0.5) is 0 Å². The van der Waals surface area contributed by atoms with E-state index in [-0.39, 0.29) is 10.7 Å². The average Bonchev–Trinajstić information content (AvgIpc) is 3.19. The standard InChI is InChI=1S/C21H15NO3S/c23-21(18-11-10-16-6-4-5-7-17(16)14-18)19-12-13-22(15-19)26(24,25)20-8-2-1-3-9-20/h1-15H. The Hall–Kier alpha value is -3.18. The van der Waals surface area contributed by atoms with E-state index >= 15 is 0 Å². The molecule has 0 radical (unpaired) electrons. The van der Waals surface area contributed by atoms with Gasteiger partial charge in [-0.2, -0.15) is 0 Å². The predicted molar refractivity (Wildman–Crippen MR) is 101 cm³/mol. The molecule has 3 aromatic carbocycles. The Labute approximate surface area is 151 Å². The Morgan fingerprint density at radius 2 is 1.42 bits per heavy atom. The van der Waals surface area contributed by atoms with Crippen LogP contribution in [0.25, 0.3) is 10.8 Å². The first-order valence-electron chi connectivity index (χ1n) is 8.08. The number of aromatic nitrogens is 1. The molecule has 0 atom stereocenters. The van der Waals surface area contributed by atoms with Gasteiger partial charge in [0.2, 0.25) is 0 Å². The van der Waals surface area contributed by atoms with E-state index in [1.165, 1.54) is 30.6 Å². The first-order chi connectivity index (χ1) is 12.6. The van der Waals surface area contributed by atoms with Gasteiger partial charge >= 0.3 is 0 Å². The lowest BCUT2D eigenvalue weighted by Gasteiger charge is -2.05. The molecule has 0 bridgehead atoms. The molecule has 128 valence electrons. The van der Waals surface area contributed by atoms with Gasteiger partial charge in [-0.15, -0.1) is 0 Å². The first-order valence-corrected chi connectivity index (χ1v) is 9.52.